The number of halogens is 1. The van der Waals surface area contributed by atoms with Gasteiger partial charge in [0.05, 0.1) is 6.61 Å². The van der Waals surface area contributed by atoms with Crippen molar-refractivity contribution in [3.05, 3.63) is 41.1 Å². The second-order valence-corrected chi connectivity index (χ2v) is 5.94. The minimum absolute atomic E-state index is 0.448. The molecule has 0 aliphatic heterocycles. The van der Waals surface area contributed by atoms with Gasteiger partial charge in [0.2, 0.25) is 0 Å². The van der Waals surface area contributed by atoms with Gasteiger partial charge in [0.1, 0.15) is 23.7 Å². The van der Waals surface area contributed by atoms with E-state index < -0.39 is 0 Å². The molecule has 0 saturated carbocycles. The summed E-state index contributed by atoms with van der Waals surface area (Å²) in [6.45, 7) is 0.955. The molecule has 7 heteroatoms. The zero-order chi connectivity index (χ0) is 16.9. The van der Waals surface area contributed by atoms with Gasteiger partial charge in [-0.1, -0.05) is 15.9 Å². The molecule has 2 heterocycles. The van der Waals surface area contributed by atoms with Gasteiger partial charge in [-0.25, -0.2) is 9.97 Å². The second-order valence-electron chi connectivity index (χ2n) is 5.03. The maximum Gasteiger partial charge on any atom is 0.163 e. The molecular formula is C17H17BrN4O2. The molecule has 3 rings (SSSR count). The highest BCUT2D eigenvalue weighted by atomic mass is 79.9. The van der Waals surface area contributed by atoms with Gasteiger partial charge in [-0.15, -0.1) is 0 Å². The Kier molecular flexibility index (Phi) is 5.22. The first-order valence-electron chi connectivity index (χ1n) is 7.44. The molecular weight excluding hydrogens is 372 g/mol. The Morgan fingerprint density at radius 2 is 2.08 bits per heavy atom. The molecule has 0 saturated heterocycles. The number of benzene rings is 1. The number of aromatic nitrogens is 3. The number of pyridine rings is 1. The summed E-state index contributed by atoms with van der Waals surface area (Å²) in [6.07, 6.45) is 3.46. The maximum atomic E-state index is 5.84. The van der Waals surface area contributed by atoms with E-state index in [2.05, 4.69) is 31.2 Å². The molecule has 0 atom stereocenters. The van der Waals surface area contributed by atoms with Gasteiger partial charge in [-0.05, 0) is 24.3 Å². The standard InChI is InChI=1S/C17H17BrN4O2/c1-19-17-13-8-12(18)9-14(24-7-6-23-2)15(13)21-16(22-17)11-4-3-5-20-10-11/h3-5,8-10H,6-7H2,1-2H3,(H,19,21,22). The van der Waals surface area contributed by atoms with E-state index in [1.165, 1.54) is 0 Å². The predicted molar refractivity (Wildman–Crippen MR) is 97.4 cm³/mol. The van der Waals surface area contributed by atoms with Gasteiger partial charge in [0, 0.05) is 42.0 Å². The third-order valence-electron chi connectivity index (χ3n) is 3.43. The van der Waals surface area contributed by atoms with E-state index >= 15 is 0 Å². The van der Waals surface area contributed by atoms with Crippen molar-refractivity contribution in [2.75, 3.05) is 32.7 Å². The van der Waals surface area contributed by atoms with E-state index in [1.54, 1.807) is 19.5 Å². The minimum atomic E-state index is 0.448. The molecule has 0 aliphatic rings. The van der Waals surface area contributed by atoms with Gasteiger partial charge < -0.3 is 14.8 Å². The molecule has 24 heavy (non-hydrogen) atoms. The van der Waals surface area contributed by atoms with Gasteiger partial charge in [0.25, 0.3) is 0 Å². The average Bonchev–Trinajstić information content (AvgIpc) is 2.62. The van der Waals surface area contributed by atoms with E-state index in [4.69, 9.17) is 14.5 Å². The van der Waals surface area contributed by atoms with Crippen LogP contribution in [-0.4, -0.2) is 42.3 Å². The summed E-state index contributed by atoms with van der Waals surface area (Å²) < 4.78 is 11.8. The number of hydrogen-bond acceptors (Lipinski definition) is 6. The zero-order valence-electron chi connectivity index (χ0n) is 13.4. The zero-order valence-corrected chi connectivity index (χ0v) is 15.0. The van der Waals surface area contributed by atoms with Crippen LogP contribution in [-0.2, 0) is 4.74 Å². The van der Waals surface area contributed by atoms with E-state index in [1.807, 2.05) is 31.3 Å². The first kappa shape index (κ1) is 16.6. The van der Waals surface area contributed by atoms with Crippen LogP contribution in [0.1, 0.15) is 0 Å². The summed E-state index contributed by atoms with van der Waals surface area (Å²) in [6, 6.07) is 7.66. The number of anilines is 1. The summed E-state index contributed by atoms with van der Waals surface area (Å²) >= 11 is 3.51. The van der Waals surface area contributed by atoms with Gasteiger partial charge in [-0.3, -0.25) is 4.98 Å². The van der Waals surface area contributed by atoms with E-state index in [9.17, 15) is 0 Å². The van der Waals surface area contributed by atoms with E-state index in [0.29, 0.717) is 24.8 Å². The third-order valence-corrected chi connectivity index (χ3v) is 3.89. The molecule has 6 nitrogen and oxygen atoms in total. The molecule has 2 aromatic heterocycles. The largest absolute Gasteiger partial charge is 0.489 e. The van der Waals surface area contributed by atoms with Crippen molar-refractivity contribution in [1.29, 1.82) is 0 Å². The Hall–Kier alpha value is -2.25. The smallest absolute Gasteiger partial charge is 0.163 e. The summed E-state index contributed by atoms with van der Waals surface area (Å²) in [5, 5.41) is 4.01. The van der Waals surface area contributed by atoms with Gasteiger partial charge in [-0.2, -0.15) is 0 Å². The number of nitrogens with one attached hydrogen (secondary N) is 1. The highest BCUT2D eigenvalue weighted by Gasteiger charge is 2.14. The fourth-order valence-corrected chi connectivity index (χ4v) is 2.76. The maximum absolute atomic E-state index is 5.84. The fraction of sp³-hybridized carbons (Fsp3) is 0.235. The van der Waals surface area contributed by atoms with Crippen LogP contribution >= 0.6 is 15.9 Å². The highest BCUT2D eigenvalue weighted by Crippen LogP contribution is 2.34. The first-order valence-corrected chi connectivity index (χ1v) is 8.23. The average molecular weight is 389 g/mol. The predicted octanol–water partition coefficient (Wildman–Crippen LogP) is 3.52. The van der Waals surface area contributed by atoms with Crippen molar-refractivity contribution in [2.45, 2.75) is 0 Å². The lowest BCUT2D eigenvalue weighted by Crippen LogP contribution is -2.06. The monoisotopic (exact) mass is 388 g/mol. The number of rotatable bonds is 6. The molecule has 124 valence electrons. The number of fused-ring (bicyclic) bond motifs is 1. The molecule has 3 aromatic rings. The Balaban J connectivity index is 2.16. The van der Waals surface area contributed by atoms with Crippen LogP contribution in [0, 0.1) is 0 Å². The number of hydrogen-bond donors (Lipinski definition) is 1. The molecule has 0 amide bonds. The van der Waals surface area contributed by atoms with Gasteiger partial charge in [0.15, 0.2) is 5.82 Å². The van der Waals surface area contributed by atoms with Crippen LogP contribution in [0.5, 0.6) is 5.75 Å². The van der Waals surface area contributed by atoms with Crippen LogP contribution < -0.4 is 10.1 Å². The lowest BCUT2D eigenvalue weighted by Gasteiger charge is -2.13. The minimum Gasteiger partial charge on any atom is -0.489 e. The summed E-state index contributed by atoms with van der Waals surface area (Å²) in [5.74, 6) is 2.01. The molecule has 0 spiro atoms. The van der Waals surface area contributed by atoms with Crippen molar-refractivity contribution < 1.29 is 9.47 Å². The van der Waals surface area contributed by atoms with Crippen LogP contribution in [0.2, 0.25) is 0 Å². The quantitative estimate of drug-likeness (QED) is 0.651. The molecule has 0 radical (unpaired) electrons. The van der Waals surface area contributed by atoms with Crippen LogP contribution in [0.4, 0.5) is 5.82 Å². The Bertz CT molecular complexity index is 843. The molecule has 1 N–H and O–H groups in total. The van der Waals surface area contributed by atoms with Crippen molar-refractivity contribution in [3.8, 4) is 17.1 Å². The third kappa shape index (κ3) is 3.47. The molecule has 0 bridgehead atoms. The summed E-state index contributed by atoms with van der Waals surface area (Å²) in [5.41, 5.74) is 1.59. The lowest BCUT2D eigenvalue weighted by molar-refractivity contribution is 0.147. The van der Waals surface area contributed by atoms with Crippen molar-refractivity contribution in [1.82, 2.24) is 15.0 Å². The normalized spacial score (nSPS) is 10.8. The topological polar surface area (TPSA) is 69.2 Å². The van der Waals surface area contributed by atoms with E-state index in [0.717, 1.165) is 26.8 Å². The van der Waals surface area contributed by atoms with E-state index in [-0.39, 0.29) is 0 Å². The number of methoxy groups -OCH3 is 1. The van der Waals surface area contributed by atoms with Crippen molar-refractivity contribution in [2.24, 2.45) is 0 Å². The number of nitrogens with zero attached hydrogens (tertiary/aromatic N) is 3. The molecule has 0 unspecified atom stereocenters. The van der Waals surface area contributed by atoms with Crippen LogP contribution in [0.3, 0.4) is 0 Å². The van der Waals surface area contributed by atoms with Crippen molar-refractivity contribution >= 4 is 32.7 Å². The SMILES string of the molecule is CNc1nc(-c2cccnc2)nc2c(OCCOC)cc(Br)cc12. The van der Waals surface area contributed by atoms with Crippen LogP contribution in [0.15, 0.2) is 41.1 Å². The second kappa shape index (κ2) is 7.55. The lowest BCUT2D eigenvalue weighted by atomic mass is 10.2. The molecule has 1 aromatic carbocycles. The van der Waals surface area contributed by atoms with Crippen molar-refractivity contribution in [3.63, 3.8) is 0 Å². The fourth-order valence-electron chi connectivity index (χ4n) is 2.33. The van der Waals surface area contributed by atoms with Gasteiger partial charge >= 0.3 is 0 Å². The number of ether oxygens (including phenoxy) is 2. The Labute approximate surface area is 148 Å². The van der Waals surface area contributed by atoms with Crippen LogP contribution in [0.25, 0.3) is 22.3 Å². The molecule has 0 aliphatic carbocycles. The summed E-state index contributed by atoms with van der Waals surface area (Å²) in [7, 11) is 3.48. The Morgan fingerprint density at radius 1 is 1.21 bits per heavy atom. The Morgan fingerprint density at radius 3 is 2.79 bits per heavy atom. The summed E-state index contributed by atoms with van der Waals surface area (Å²) in [4.78, 5) is 13.4. The molecule has 0 fully saturated rings. The highest BCUT2D eigenvalue weighted by molar-refractivity contribution is 9.10. The first-order chi connectivity index (χ1) is 11.7.